The monoisotopic (exact) mass is 342 g/mol. The summed E-state index contributed by atoms with van der Waals surface area (Å²) in [4.78, 5) is 0. The molecule has 1 aromatic carbocycles. The lowest BCUT2D eigenvalue weighted by atomic mass is 10.2. The second-order valence-electron chi connectivity index (χ2n) is 4.58. The topological polar surface area (TPSA) is 55.2 Å². The highest BCUT2D eigenvalue weighted by Crippen LogP contribution is 2.27. The van der Waals surface area contributed by atoms with Crippen molar-refractivity contribution in [3.8, 4) is 0 Å². The first-order valence-electron chi connectivity index (χ1n) is 6.44. The summed E-state index contributed by atoms with van der Waals surface area (Å²) >= 11 is 17.4. The third-order valence-corrected chi connectivity index (χ3v) is 4.12. The van der Waals surface area contributed by atoms with Crippen LogP contribution in [0.25, 0.3) is 0 Å². The van der Waals surface area contributed by atoms with Gasteiger partial charge in [-0.05, 0) is 37.2 Å². The summed E-state index contributed by atoms with van der Waals surface area (Å²) in [5, 5.41) is 12.3. The average molecular weight is 343 g/mol. The number of hydrogen-bond donors (Lipinski definition) is 1. The fourth-order valence-electron chi connectivity index (χ4n) is 2.15. The van der Waals surface area contributed by atoms with Crippen LogP contribution in [0.4, 0.5) is 0 Å². The van der Waals surface area contributed by atoms with Crippen molar-refractivity contribution >= 4 is 41.6 Å². The number of halogens is 2. The molecule has 0 unspecified atom stereocenters. The van der Waals surface area contributed by atoms with E-state index >= 15 is 0 Å². The number of ether oxygens (including phenoxy) is 1. The van der Waals surface area contributed by atoms with Gasteiger partial charge in [0.05, 0.1) is 16.3 Å². The minimum absolute atomic E-state index is 0.0863. The Hall–Kier alpha value is -1.21. The SMILES string of the molecule is S=c1[nH]nc([C@@H]2CCCO2)n1N=Cc1c(Cl)cccc1Cl. The lowest BCUT2D eigenvalue weighted by Crippen LogP contribution is -2.05. The van der Waals surface area contributed by atoms with E-state index in [1.54, 1.807) is 29.1 Å². The van der Waals surface area contributed by atoms with Crippen molar-refractivity contribution in [3.05, 3.63) is 44.4 Å². The Balaban J connectivity index is 1.96. The summed E-state index contributed by atoms with van der Waals surface area (Å²) in [5.41, 5.74) is 0.641. The molecule has 1 fully saturated rings. The molecule has 5 nitrogen and oxygen atoms in total. The summed E-state index contributed by atoms with van der Waals surface area (Å²) < 4.78 is 7.57. The van der Waals surface area contributed by atoms with Gasteiger partial charge < -0.3 is 4.74 Å². The fourth-order valence-corrected chi connectivity index (χ4v) is 2.84. The molecule has 1 aromatic heterocycles. The van der Waals surface area contributed by atoms with Crippen molar-refractivity contribution in [2.45, 2.75) is 18.9 Å². The number of H-pyrrole nitrogens is 1. The van der Waals surface area contributed by atoms with E-state index in [0.29, 0.717) is 26.2 Å². The van der Waals surface area contributed by atoms with Gasteiger partial charge >= 0.3 is 0 Å². The van der Waals surface area contributed by atoms with Gasteiger partial charge in [0.15, 0.2) is 5.82 Å². The number of nitrogens with one attached hydrogen (secondary N) is 1. The maximum absolute atomic E-state index is 6.12. The number of hydrogen-bond acceptors (Lipinski definition) is 4. The molecule has 110 valence electrons. The Kier molecular flexibility index (Phi) is 4.40. The number of nitrogens with zero attached hydrogens (tertiary/aromatic N) is 3. The highest BCUT2D eigenvalue weighted by molar-refractivity contribution is 7.71. The Morgan fingerprint density at radius 2 is 2.19 bits per heavy atom. The molecule has 0 saturated carbocycles. The van der Waals surface area contributed by atoms with Gasteiger partial charge in [0, 0.05) is 12.2 Å². The molecule has 2 heterocycles. The predicted octanol–water partition coefficient (Wildman–Crippen LogP) is 3.98. The minimum atomic E-state index is -0.0863. The van der Waals surface area contributed by atoms with Crippen LogP contribution < -0.4 is 0 Å². The quantitative estimate of drug-likeness (QED) is 0.677. The standard InChI is InChI=1S/C13H12Cl2N4OS/c14-9-3-1-4-10(15)8(9)7-16-19-12(17-18-13(19)21)11-5-2-6-20-11/h1,3-4,7,11H,2,5-6H2,(H,18,21)/t11-/m0/s1. The molecular weight excluding hydrogens is 331 g/mol. The fraction of sp³-hybridized carbons (Fsp3) is 0.308. The zero-order valence-corrected chi connectivity index (χ0v) is 13.3. The van der Waals surface area contributed by atoms with Gasteiger partial charge in [-0.2, -0.15) is 14.9 Å². The van der Waals surface area contributed by atoms with E-state index in [-0.39, 0.29) is 6.10 Å². The molecule has 1 aliphatic heterocycles. The molecule has 0 amide bonds. The molecule has 2 aromatic rings. The highest BCUT2D eigenvalue weighted by Gasteiger charge is 2.23. The summed E-state index contributed by atoms with van der Waals surface area (Å²) in [7, 11) is 0. The third-order valence-electron chi connectivity index (χ3n) is 3.20. The number of rotatable bonds is 3. The van der Waals surface area contributed by atoms with Crippen LogP contribution in [0.2, 0.25) is 10.0 Å². The first kappa shape index (κ1) is 14.7. The molecule has 21 heavy (non-hydrogen) atoms. The Bertz CT molecular complexity index is 714. The highest BCUT2D eigenvalue weighted by atomic mass is 35.5. The molecule has 0 aliphatic carbocycles. The molecular formula is C13H12Cl2N4OS. The lowest BCUT2D eigenvalue weighted by molar-refractivity contribution is 0.102. The molecule has 8 heteroatoms. The molecule has 1 saturated heterocycles. The molecule has 1 aliphatic rings. The van der Waals surface area contributed by atoms with Gasteiger partial charge in [-0.25, -0.2) is 0 Å². The van der Waals surface area contributed by atoms with Crippen LogP contribution in [0, 0.1) is 4.77 Å². The molecule has 0 radical (unpaired) electrons. The van der Waals surface area contributed by atoms with Gasteiger partial charge in [0.25, 0.3) is 0 Å². The zero-order chi connectivity index (χ0) is 14.8. The van der Waals surface area contributed by atoms with Crippen LogP contribution in [0.1, 0.15) is 30.3 Å². The lowest BCUT2D eigenvalue weighted by Gasteiger charge is -2.07. The van der Waals surface area contributed by atoms with Crippen LogP contribution in [0.15, 0.2) is 23.3 Å². The van der Waals surface area contributed by atoms with Crippen LogP contribution in [0.5, 0.6) is 0 Å². The van der Waals surface area contributed by atoms with Gasteiger partial charge in [-0.1, -0.05) is 29.3 Å². The summed E-state index contributed by atoms with van der Waals surface area (Å²) in [6.07, 6.45) is 3.40. The van der Waals surface area contributed by atoms with E-state index in [4.69, 9.17) is 40.2 Å². The largest absolute Gasteiger partial charge is 0.370 e. The average Bonchev–Trinajstić information content (AvgIpc) is 3.08. The molecule has 1 atom stereocenters. The van der Waals surface area contributed by atoms with Crippen LogP contribution in [0.3, 0.4) is 0 Å². The van der Waals surface area contributed by atoms with Gasteiger partial charge in [-0.15, -0.1) is 0 Å². The van der Waals surface area contributed by atoms with Crippen LogP contribution in [-0.4, -0.2) is 27.7 Å². The predicted molar refractivity (Wildman–Crippen MR) is 84.8 cm³/mol. The minimum Gasteiger partial charge on any atom is -0.370 e. The van der Waals surface area contributed by atoms with Crippen molar-refractivity contribution < 1.29 is 4.74 Å². The summed E-state index contributed by atoms with van der Waals surface area (Å²) in [6.45, 7) is 0.727. The molecule has 0 spiro atoms. The number of aromatic amines is 1. The van der Waals surface area contributed by atoms with E-state index in [0.717, 1.165) is 19.4 Å². The van der Waals surface area contributed by atoms with Gasteiger partial charge in [-0.3, -0.25) is 5.10 Å². The van der Waals surface area contributed by atoms with Crippen molar-refractivity contribution in [3.63, 3.8) is 0 Å². The van der Waals surface area contributed by atoms with E-state index in [2.05, 4.69) is 15.3 Å². The van der Waals surface area contributed by atoms with Gasteiger partial charge in [0.1, 0.15) is 6.10 Å². The normalized spacial score (nSPS) is 18.7. The second-order valence-corrected chi connectivity index (χ2v) is 5.78. The smallest absolute Gasteiger partial charge is 0.216 e. The van der Waals surface area contributed by atoms with Crippen molar-refractivity contribution in [2.75, 3.05) is 6.61 Å². The van der Waals surface area contributed by atoms with E-state index in [1.807, 2.05) is 0 Å². The van der Waals surface area contributed by atoms with Crippen molar-refractivity contribution in [1.82, 2.24) is 14.9 Å². The van der Waals surface area contributed by atoms with Crippen molar-refractivity contribution in [2.24, 2.45) is 5.10 Å². The maximum Gasteiger partial charge on any atom is 0.216 e. The first-order valence-corrected chi connectivity index (χ1v) is 7.60. The van der Waals surface area contributed by atoms with Crippen LogP contribution >= 0.6 is 35.4 Å². The van der Waals surface area contributed by atoms with E-state index in [9.17, 15) is 0 Å². The Labute approximate surface area is 136 Å². The Morgan fingerprint density at radius 1 is 1.43 bits per heavy atom. The Morgan fingerprint density at radius 3 is 2.86 bits per heavy atom. The summed E-state index contributed by atoms with van der Waals surface area (Å²) in [5.74, 6) is 0.664. The number of benzene rings is 1. The van der Waals surface area contributed by atoms with E-state index < -0.39 is 0 Å². The zero-order valence-electron chi connectivity index (χ0n) is 10.9. The second kappa shape index (κ2) is 6.27. The number of aromatic nitrogens is 3. The molecule has 0 bridgehead atoms. The maximum atomic E-state index is 6.12. The van der Waals surface area contributed by atoms with Crippen LogP contribution in [-0.2, 0) is 4.74 Å². The molecule has 3 rings (SSSR count). The van der Waals surface area contributed by atoms with Crippen molar-refractivity contribution in [1.29, 1.82) is 0 Å². The van der Waals surface area contributed by atoms with Gasteiger partial charge in [0.2, 0.25) is 4.77 Å². The van der Waals surface area contributed by atoms with E-state index in [1.165, 1.54) is 0 Å². The third kappa shape index (κ3) is 3.03. The summed E-state index contributed by atoms with van der Waals surface area (Å²) in [6, 6.07) is 5.29. The first-order chi connectivity index (χ1) is 10.2. The molecule has 1 N–H and O–H groups in total.